The fourth-order valence-corrected chi connectivity index (χ4v) is 4.71. The molecule has 2 fully saturated rings. The maximum absolute atomic E-state index is 13.0. The van der Waals surface area contributed by atoms with Crippen molar-refractivity contribution in [2.45, 2.75) is 38.0 Å². The third-order valence-corrected chi connectivity index (χ3v) is 6.26. The molecule has 3 heterocycles. The predicted octanol–water partition coefficient (Wildman–Crippen LogP) is 1.99. The second kappa shape index (κ2) is 6.62. The lowest BCUT2D eigenvalue weighted by Crippen LogP contribution is -2.56. The average Bonchev–Trinajstić information content (AvgIpc) is 2.94. The lowest BCUT2D eigenvalue weighted by atomic mass is 10.0. The van der Waals surface area contributed by atoms with Crippen LogP contribution < -0.4 is 4.90 Å². The number of anilines is 1. The van der Waals surface area contributed by atoms with Crippen molar-refractivity contribution in [3.8, 4) is 0 Å². The molecule has 6 heteroatoms. The van der Waals surface area contributed by atoms with Gasteiger partial charge in [-0.25, -0.2) is 0 Å². The van der Waals surface area contributed by atoms with Gasteiger partial charge in [-0.15, -0.1) is 0 Å². The van der Waals surface area contributed by atoms with E-state index in [9.17, 15) is 4.79 Å². The SMILES string of the molecule is CC(C)C1CN(C2CCCN(c3cnn(C)c3)C2=O)CCS1. The second-order valence-corrected chi connectivity index (χ2v) is 8.02. The van der Waals surface area contributed by atoms with Crippen molar-refractivity contribution in [2.75, 3.05) is 30.3 Å². The Labute approximate surface area is 137 Å². The zero-order valence-electron chi connectivity index (χ0n) is 13.7. The van der Waals surface area contributed by atoms with Crippen LogP contribution in [-0.2, 0) is 11.8 Å². The monoisotopic (exact) mass is 322 g/mol. The Morgan fingerprint density at radius 2 is 2.18 bits per heavy atom. The highest BCUT2D eigenvalue weighted by Crippen LogP contribution is 2.29. The number of carbonyl (C=O) groups excluding carboxylic acids is 1. The van der Waals surface area contributed by atoms with Crippen LogP contribution in [0.15, 0.2) is 12.4 Å². The molecule has 0 aromatic carbocycles. The first-order chi connectivity index (χ1) is 10.6. The number of hydrogen-bond donors (Lipinski definition) is 0. The number of nitrogens with zero attached hydrogens (tertiary/aromatic N) is 4. The van der Waals surface area contributed by atoms with E-state index in [2.05, 4.69) is 35.6 Å². The molecule has 0 spiro atoms. The van der Waals surface area contributed by atoms with E-state index in [4.69, 9.17) is 0 Å². The van der Waals surface area contributed by atoms with Crippen molar-refractivity contribution in [2.24, 2.45) is 13.0 Å². The molecule has 1 aromatic rings. The molecule has 2 saturated heterocycles. The molecule has 0 saturated carbocycles. The standard InChI is InChI=1S/C16H26N4OS/c1-12(2)15-11-19(7-8-22-15)14-5-4-6-20(16(14)21)13-9-17-18(3)10-13/h9-10,12,14-15H,4-8,11H2,1-3H3. The van der Waals surface area contributed by atoms with Crippen molar-refractivity contribution >= 4 is 23.4 Å². The van der Waals surface area contributed by atoms with Gasteiger partial charge >= 0.3 is 0 Å². The van der Waals surface area contributed by atoms with Gasteiger partial charge in [0, 0.05) is 43.9 Å². The first kappa shape index (κ1) is 15.9. The minimum absolute atomic E-state index is 0.0520. The zero-order chi connectivity index (χ0) is 15.7. The van der Waals surface area contributed by atoms with Crippen LogP contribution in [-0.4, -0.2) is 57.3 Å². The number of hydrogen-bond acceptors (Lipinski definition) is 4. The van der Waals surface area contributed by atoms with Crippen molar-refractivity contribution in [3.05, 3.63) is 12.4 Å². The van der Waals surface area contributed by atoms with Crippen LogP contribution in [0.25, 0.3) is 0 Å². The zero-order valence-corrected chi connectivity index (χ0v) is 14.6. The molecule has 0 bridgehead atoms. The summed E-state index contributed by atoms with van der Waals surface area (Å²) in [5.74, 6) is 2.06. The number of carbonyl (C=O) groups is 1. The van der Waals surface area contributed by atoms with E-state index < -0.39 is 0 Å². The molecule has 2 aliphatic heterocycles. The van der Waals surface area contributed by atoms with E-state index in [0.29, 0.717) is 11.2 Å². The highest BCUT2D eigenvalue weighted by Gasteiger charge is 2.37. The number of aromatic nitrogens is 2. The largest absolute Gasteiger partial charge is 0.308 e. The van der Waals surface area contributed by atoms with E-state index in [1.54, 1.807) is 10.9 Å². The van der Waals surface area contributed by atoms with Gasteiger partial charge in [0.05, 0.1) is 17.9 Å². The van der Waals surface area contributed by atoms with E-state index in [1.807, 2.05) is 18.1 Å². The quantitative estimate of drug-likeness (QED) is 0.853. The Kier molecular flexibility index (Phi) is 4.78. The van der Waals surface area contributed by atoms with Crippen molar-refractivity contribution in [1.82, 2.24) is 14.7 Å². The molecular weight excluding hydrogens is 296 g/mol. The maximum atomic E-state index is 13.0. The van der Waals surface area contributed by atoms with Gasteiger partial charge in [-0.1, -0.05) is 13.8 Å². The van der Waals surface area contributed by atoms with Crippen LogP contribution in [0.3, 0.4) is 0 Å². The van der Waals surface area contributed by atoms with Crippen molar-refractivity contribution in [3.63, 3.8) is 0 Å². The van der Waals surface area contributed by atoms with Crippen LogP contribution in [0.4, 0.5) is 5.69 Å². The summed E-state index contributed by atoms with van der Waals surface area (Å²) in [6.45, 7) is 7.46. The van der Waals surface area contributed by atoms with Crippen molar-refractivity contribution in [1.29, 1.82) is 0 Å². The van der Waals surface area contributed by atoms with Gasteiger partial charge in [0.1, 0.15) is 0 Å². The van der Waals surface area contributed by atoms with Crippen LogP contribution in [0.5, 0.6) is 0 Å². The van der Waals surface area contributed by atoms with Gasteiger partial charge in [0.25, 0.3) is 0 Å². The summed E-state index contributed by atoms with van der Waals surface area (Å²) in [6.07, 6.45) is 5.79. The number of rotatable bonds is 3. The summed E-state index contributed by atoms with van der Waals surface area (Å²) >= 11 is 2.06. The van der Waals surface area contributed by atoms with E-state index >= 15 is 0 Å². The Morgan fingerprint density at radius 3 is 2.86 bits per heavy atom. The number of amides is 1. The minimum Gasteiger partial charge on any atom is -0.308 e. The summed E-state index contributed by atoms with van der Waals surface area (Å²) in [5, 5.41) is 4.85. The van der Waals surface area contributed by atoms with E-state index in [1.165, 1.54) is 0 Å². The summed E-state index contributed by atoms with van der Waals surface area (Å²) in [4.78, 5) is 17.3. The lowest BCUT2D eigenvalue weighted by molar-refractivity contribution is -0.125. The Hall–Kier alpha value is -1.01. The Bertz CT molecular complexity index is 530. The second-order valence-electron chi connectivity index (χ2n) is 6.67. The molecular formula is C16H26N4OS. The first-order valence-corrected chi connectivity index (χ1v) is 9.27. The van der Waals surface area contributed by atoms with Crippen LogP contribution in [0, 0.1) is 5.92 Å². The lowest BCUT2D eigenvalue weighted by Gasteiger charge is -2.42. The molecule has 0 N–H and O–H groups in total. The summed E-state index contributed by atoms with van der Waals surface area (Å²) in [6, 6.07) is 0.0520. The van der Waals surface area contributed by atoms with Gasteiger partial charge in [-0.2, -0.15) is 16.9 Å². The fraction of sp³-hybridized carbons (Fsp3) is 0.750. The third kappa shape index (κ3) is 3.18. The molecule has 0 radical (unpaired) electrons. The van der Waals surface area contributed by atoms with Gasteiger partial charge in [-0.05, 0) is 18.8 Å². The number of aryl methyl sites for hydroxylation is 1. The van der Waals surface area contributed by atoms with Gasteiger partial charge < -0.3 is 4.90 Å². The van der Waals surface area contributed by atoms with Crippen LogP contribution in [0.1, 0.15) is 26.7 Å². The van der Waals surface area contributed by atoms with Gasteiger partial charge in [0.2, 0.25) is 5.91 Å². The van der Waals surface area contributed by atoms with E-state index in [-0.39, 0.29) is 11.9 Å². The minimum atomic E-state index is 0.0520. The highest BCUT2D eigenvalue weighted by molar-refractivity contribution is 8.00. The predicted molar refractivity (Wildman–Crippen MR) is 91.2 cm³/mol. The summed E-state index contributed by atoms with van der Waals surface area (Å²) < 4.78 is 1.76. The highest BCUT2D eigenvalue weighted by atomic mass is 32.2. The molecule has 2 aliphatic rings. The topological polar surface area (TPSA) is 41.4 Å². The molecule has 2 atom stereocenters. The first-order valence-electron chi connectivity index (χ1n) is 8.22. The fourth-order valence-electron chi connectivity index (χ4n) is 3.38. The molecule has 1 aromatic heterocycles. The van der Waals surface area contributed by atoms with E-state index in [0.717, 1.165) is 43.9 Å². The molecule has 1 amide bonds. The third-order valence-electron chi connectivity index (χ3n) is 4.72. The maximum Gasteiger partial charge on any atom is 0.244 e. The summed E-state index contributed by atoms with van der Waals surface area (Å²) in [7, 11) is 1.89. The van der Waals surface area contributed by atoms with Gasteiger partial charge in [0.15, 0.2) is 0 Å². The number of thioether (sulfide) groups is 1. The van der Waals surface area contributed by atoms with Gasteiger partial charge in [-0.3, -0.25) is 14.4 Å². The normalized spacial score (nSPS) is 27.6. The average molecular weight is 322 g/mol. The summed E-state index contributed by atoms with van der Waals surface area (Å²) in [5.41, 5.74) is 0.934. The molecule has 5 nitrogen and oxygen atoms in total. The van der Waals surface area contributed by atoms with Crippen LogP contribution >= 0.6 is 11.8 Å². The van der Waals surface area contributed by atoms with Crippen molar-refractivity contribution < 1.29 is 4.79 Å². The molecule has 0 aliphatic carbocycles. The molecule has 122 valence electrons. The number of piperidine rings is 1. The Morgan fingerprint density at radius 1 is 1.36 bits per heavy atom. The van der Waals surface area contributed by atoms with Crippen LogP contribution in [0.2, 0.25) is 0 Å². The smallest absolute Gasteiger partial charge is 0.244 e. The Balaban J connectivity index is 1.72. The molecule has 2 unspecified atom stereocenters. The molecule has 22 heavy (non-hydrogen) atoms. The molecule has 3 rings (SSSR count).